The van der Waals surface area contributed by atoms with Gasteiger partial charge in [0.05, 0.1) is 11.7 Å². The lowest BCUT2D eigenvalue weighted by atomic mass is 9.98. The predicted molar refractivity (Wildman–Crippen MR) is 61.6 cm³/mol. The molecule has 84 valence electrons. The molecule has 0 spiro atoms. The number of rotatable bonds is 3. The minimum absolute atomic E-state index is 0.573. The fourth-order valence-corrected chi connectivity index (χ4v) is 2.48. The quantitative estimate of drug-likeness (QED) is 0.826. The number of aromatic amines is 1. The largest absolute Gasteiger partial charge is 0.295 e. The van der Waals surface area contributed by atoms with Crippen LogP contribution < -0.4 is 0 Å². The third-order valence-corrected chi connectivity index (χ3v) is 3.09. The topological polar surface area (TPSA) is 31.9 Å². The number of H-pyrrole nitrogens is 1. The van der Waals surface area contributed by atoms with E-state index in [1.807, 2.05) is 6.20 Å². The molecule has 0 aromatic carbocycles. The molecule has 15 heavy (non-hydrogen) atoms. The third-order valence-electron chi connectivity index (χ3n) is 3.09. The molecule has 0 amide bonds. The van der Waals surface area contributed by atoms with E-state index in [2.05, 4.69) is 35.0 Å². The van der Waals surface area contributed by atoms with Gasteiger partial charge in [-0.1, -0.05) is 20.3 Å². The molecule has 3 heteroatoms. The zero-order chi connectivity index (χ0) is 10.7. The average molecular weight is 207 g/mol. The van der Waals surface area contributed by atoms with Crippen LogP contribution in [-0.4, -0.2) is 28.2 Å². The van der Waals surface area contributed by atoms with Crippen LogP contribution in [0.15, 0.2) is 12.3 Å². The van der Waals surface area contributed by atoms with Crippen molar-refractivity contribution in [3.8, 4) is 0 Å². The van der Waals surface area contributed by atoms with Gasteiger partial charge in [-0.05, 0) is 31.4 Å². The van der Waals surface area contributed by atoms with Crippen molar-refractivity contribution in [2.24, 2.45) is 5.92 Å². The molecule has 1 N–H and O–H groups in total. The van der Waals surface area contributed by atoms with Gasteiger partial charge in [-0.15, -0.1) is 0 Å². The Labute approximate surface area is 91.9 Å². The second kappa shape index (κ2) is 4.79. The summed E-state index contributed by atoms with van der Waals surface area (Å²) in [6, 6.07) is 2.69. The van der Waals surface area contributed by atoms with Crippen molar-refractivity contribution in [3.05, 3.63) is 18.0 Å². The maximum atomic E-state index is 4.06. The average Bonchev–Trinajstić information content (AvgIpc) is 2.70. The van der Waals surface area contributed by atoms with E-state index in [0.717, 1.165) is 5.92 Å². The van der Waals surface area contributed by atoms with Crippen molar-refractivity contribution in [3.63, 3.8) is 0 Å². The van der Waals surface area contributed by atoms with E-state index < -0.39 is 0 Å². The molecule has 0 aliphatic carbocycles. The molecule has 1 aromatic heterocycles. The number of nitrogens with one attached hydrogen (secondary N) is 1. The first-order valence-corrected chi connectivity index (χ1v) is 6.00. The highest BCUT2D eigenvalue weighted by molar-refractivity contribution is 5.06. The summed E-state index contributed by atoms with van der Waals surface area (Å²) in [4.78, 5) is 2.60. The number of nitrogens with zero attached hydrogens (tertiary/aromatic N) is 2. The van der Waals surface area contributed by atoms with Gasteiger partial charge in [-0.25, -0.2) is 0 Å². The van der Waals surface area contributed by atoms with Gasteiger partial charge >= 0.3 is 0 Å². The predicted octanol–water partition coefficient (Wildman–Crippen LogP) is 2.59. The van der Waals surface area contributed by atoms with Crippen molar-refractivity contribution in [2.45, 2.75) is 39.2 Å². The highest BCUT2D eigenvalue weighted by Crippen LogP contribution is 2.29. The highest BCUT2D eigenvalue weighted by atomic mass is 15.2. The minimum Gasteiger partial charge on any atom is -0.295 e. The van der Waals surface area contributed by atoms with Crippen LogP contribution in [0.5, 0.6) is 0 Å². The molecule has 1 atom stereocenters. The summed E-state index contributed by atoms with van der Waals surface area (Å²) in [5, 5.41) is 7.18. The zero-order valence-electron chi connectivity index (χ0n) is 9.74. The number of likely N-dealkylation sites (tertiary alicyclic amines) is 1. The van der Waals surface area contributed by atoms with Gasteiger partial charge in [0.1, 0.15) is 0 Å². The SMILES string of the molecule is CC(C)CN1CCCCC1c1ccn[nH]1. The zero-order valence-corrected chi connectivity index (χ0v) is 9.74. The van der Waals surface area contributed by atoms with E-state index in [4.69, 9.17) is 0 Å². The summed E-state index contributed by atoms with van der Waals surface area (Å²) < 4.78 is 0. The van der Waals surface area contributed by atoms with Gasteiger partial charge in [-0.3, -0.25) is 10.00 Å². The summed E-state index contributed by atoms with van der Waals surface area (Å²) in [6.45, 7) is 7.02. The molecular formula is C12H21N3. The first-order chi connectivity index (χ1) is 7.27. The Morgan fingerprint density at radius 1 is 1.53 bits per heavy atom. The molecule has 0 radical (unpaired) electrons. The molecule has 0 bridgehead atoms. The summed E-state index contributed by atoms with van der Waals surface area (Å²) in [5.41, 5.74) is 1.29. The first kappa shape index (κ1) is 10.7. The third kappa shape index (κ3) is 2.59. The Morgan fingerprint density at radius 2 is 2.40 bits per heavy atom. The fraction of sp³-hybridized carbons (Fsp3) is 0.750. The molecule has 3 nitrogen and oxygen atoms in total. The van der Waals surface area contributed by atoms with Gasteiger partial charge in [0, 0.05) is 12.7 Å². The lowest BCUT2D eigenvalue weighted by Gasteiger charge is -2.36. The van der Waals surface area contributed by atoms with Crippen molar-refractivity contribution in [1.82, 2.24) is 15.1 Å². The molecule has 1 unspecified atom stereocenters. The van der Waals surface area contributed by atoms with E-state index in [1.165, 1.54) is 38.0 Å². The van der Waals surface area contributed by atoms with Crippen LogP contribution in [0.3, 0.4) is 0 Å². The molecule has 0 saturated carbocycles. The Bertz CT molecular complexity index is 279. The molecule has 1 fully saturated rings. The Hall–Kier alpha value is -0.830. The van der Waals surface area contributed by atoms with Crippen molar-refractivity contribution in [1.29, 1.82) is 0 Å². The molecular weight excluding hydrogens is 186 g/mol. The minimum atomic E-state index is 0.573. The molecule has 1 aliphatic rings. The number of hydrogen-bond donors (Lipinski definition) is 1. The maximum absolute atomic E-state index is 4.06. The van der Waals surface area contributed by atoms with E-state index in [-0.39, 0.29) is 0 Å². The van der Waals surface area contributed by atoms with Crippen LogP contribution in [0.2, 0.25) is 0 Å². The molecule has 2 rings (SSSR count). The van der Waals surface area contributed by atoms with Gasteiger partial charge in [0.2, 0.25) is 0 Å². The number of aromatic nitrogens is 2. The van der Waals surface area contributed by atoms with Crippen molar-refractivity contribution < 1.29 is 0 Å². The van der Waals surface area contributed by atoms with E-state index in [9.17, 15) is 0 Å². The summed E-state index contributed by atoms with van der Waals surface area (Å²) >= 11 is 0. The standard InChI is InChI=1S/C12H21N3/c1-10(2)9-15-8-4-3-5-12(15)11-6-7-13-14-11/h6-7,10,12H,3-5,8-9H2,1-2H3,(H,13,14). The second-order valence-electron chi connectivity index (χ2n) is 4.91. The fourth-order valence-electron chi connectivity index (χ4n) is 2.48. The summed E-state index contributed by atoms with van der Waals surface area (Å²) in [5.74, 6) is 0.744. The van der Waals surface area contributed by atoms with Crippen LogP contribution in [0.1, 0.15) is 44.8 Å². The first-order valence-electron chi connectivity index (χ1n) is 6.00. The smallest absolute Gasteiger partial charge is 0.0523 e. The van der Waals surface area contributed by atoms with Gasteiger partial charge in [-0.2, -0.15) is 5.10 Å². The van der Waals surface area contributed by atoms with Crippen LogP contribution in [-0.2, 0) is 0 Å². The molecule has 1 saturated heterocycles. The van der Waals surface area contributed by atoms with Crippen LogP contribution in [0.25, 0.3) is 0 Å². The lowest BCUT2D eigenvalue weighted by Crippen LogP contribution is -2.36. The molecule has 1 aliphatic heterocycles. The Kier molecular flexibility index (Phi) is 3.41. The maximum Gasteiger partial charge on any atom is 0.0523 e. The van der Waals surface area contributed by atoms with Crippen LogP contribution in [0, 0.1) is 5.92 Å². The van der Waals surface area contributed by atoms with E-state index in [0.29, 0.717) is 6.04 Å². The Morgan fingerprint density at radius 3 is 3.07 bits per heavy atom. The van der Waals surface area contributed by atoms with Gasteiger partial charge < -0.3 is 0 Å². The Balaban J connectivity index is 2.06. The van der Waals surface area contributed by atoms with Crippen molar-refractivity contribution >= 4 is 0 Å². The second-order valence-corrected chi connectivity index (χ2v) is 4.91. The lowest BCUT2D eigenvalue weighted by molar-refractivity contribution is 0.129. The van der Waals surface area contributed by atoms with Crippen LogP contribution in [0.4, 0.5) is 0 Å². The van der Waals surface area contributed by atoms with Gasteiger partial charge in [0.25, 0.3) is 0 Å². The normalized spacial score (nSPS) is 23.5. The summed E-state index contributed by atoms with van der Waals surface area (Å²) in [6.07, 6.45) is 5.82. The van der Waals surface area contributed by atoms with Gasteiger partial charge in [0.15, 0.2) is 0 Å². The van der Waals surface area contributed by atoms with Crippen molar-refractivity contribution in [2.75, 3.05) is 13.1 Å². The highest BCUT2D eigenvalue weighted by Gasteiger charge is 2.24. The summed E-state index contributed by atoms with van der Waals surface area (Å²) in [7, 11) is 0. The van der Waals surface area contributed by atoms with E-state index >= 15 is 0 Å². The van der Waals surface area contributed by atoms with Crippen LogP contribution >= 0.6 is 0 Å². The number of piperidine rings is 1. The monoisotopic (exact) mass is 207 g/mol. The molecule has 1 aromatic rings. The molecule has 2 heterocycles. The number of hydrogen-bond acceptors (Lipinski definition) is 2. The van der Waals surface area contributed by atoms with E-state index in [1.54, 1.807) is 0 Å².